The van der Waals surface area contributed by atoms with Crippen molar-refractivity contribution in [3.63, 3.8) is 0 Å². The summed E-state index contributed by atoms with van der Waals surface area (Å²) < 4.78 is 11.5. The summed E-state index contributed by atoms with van der Waals surface area (Å²) in [5.41, 5.74) is 4.56. The summed E-state index contributed by atoms with van der Waals surface area (Å²) in [6.07, 6.45) is 11.8. The van der Waals surface area contributed by atoms with E-state index in [9.17, 15) is 9.59 Å². The van der Waals surface area contributed by atoms with E-state index in [4.69, 9.17) is 15.0 Å². The summed E-state index contributed by atoms with van der Waals surface area (Å²) in [6.45, 7) is 3.56. The van der Waals surface area contributed by atoms with Gasteiger partial charge in [0.05, 0.1) is 5.41 Å². The number of carbonyl (C=O) groups is 2. The van der Waals surface area contributed by atoms with Crippen LogP contribution in [-0.2, 0) is 4.79 Å². The summed E-state index contributed by atoms with van der Waals surface area (Å²) in [4.78, 5) is 25.8. The van der Waals surface area contributed by atoms with Gasteiger partial charge >= 0.3 is 0 Å². The largest absolute Gasteiger partial charge is 0.474 e. The number of primary amides is 1. The quantitative estimate of drug-likeness (QED) is 0.598. The molecule has 2 amide bonds. The number of hydrogen-bond acceptors (Lipinski definition) is 6. The maximum atomic E-state index is 13.5. The van der Waals surface area contributed by atoms with Crippen LogP contribution in [0.2, 0.25) is 0 Å². The minimum atomic E-state index is -0.837. The van der Waals surface area contributed by atoms with Gasteiger partial charge in [-0.1, -0.05) is 12.8 Å². The second kappa shape index (κ2) is 8.26. The monoisotopic (exact) mass is 461 g/mol. The number of rotatable bonds is 8. The number of nitrogens with zero attached hydrogens (tertiary/aromatic N) is 1. The number of nitrogens with two attached hydrogens (primary N) is 1. The van der Waals surface area contributed by atoms with Crippen LogP contribution >= 0.6 is 11.8 Å². The molecule has 0 spiro atoms. The van der Waals surface area contributed by atoms with Crippen molar-refractivity contribution >= 4 is 23.6 Å². The van der Waals surface area contributed by atoms with Crippen LogP contribution in [0.1, 0.15) is 88.6 Å². The Labute approximate surface area is 193 Å². The van der Waals surface area contributed by atoms with Crippen LogP contribution in [-0.4, -0.2) is 34.4 Å². The fraction of sp³-hybridized carbons (Fsp3) is 0.792. The molecule has 5 saturated carbocycles. The molecular weight excluding hydrogens is 426 g/mol. The third-order valence-corrected chi connectivity index (χ3v) is 9.47. The zero-order valence-electron chi connectivity index (χ0n) is 19.2. The fourth-order valence-corrected chi connectivity index (χ4v) is 8.00. The van der Waals surface area contributed by atoms with E-state index in [1.165, 1.54) is 32.1 Å². The highest BCUT2D eigenvalue weighted by atomic mass is 32.2. The summed E-state index contributed by atoms with van der Waals surface area (Å²) in [6, 6.07) is 0. The molecule has 7 nitrogen and oxygen atoms in total. The summed E-state index contributed by atoms with van der Waals surface area (Å²) in [5.74, 6) is 2.18. The molecule has 0 aromatic carbocycles. The van der Waals surface area contributed by atoms with E-state index < -0.39 is 11.3 Å². The van der Waals surface area contributed by atoms with Crippen molar-refractivity contribution < 1.29 is 18.8 Å². The molecule has 3 N–H and O–H groups in total. The highest BCUT2D eigenvalue weighted by Gasteiger charge is 2.52. The number of hydrogen-bond donors (Lipinski definition) is 2. The van der Waals surface area contributed by atoms with Crippen LogP contribution in [0.5, 0.6) is 5.88 Å². The molecule has 5 aliphatic carbocycles. The Morgan fingerprint density at radius 1 is 1.16 bits per heavy atom. The minimum Gasteiger partial charge on any atom is -0.474 e. The molecule has 1 aromatic rings. The summed E-state index contributed by atoms with van der Waals surface area (Å²) in [5, 5.41) is 7.92. The molecule has 0 aliphatic heterocycles. The molecule has 0 atom stereocenters. The summed E-state index contributed by atoms with van der Waals surface area (Å²) in [7, 11) is 0. The van der Waals surface area contributed by atoms with E-state index in [2.05, 4.69) is 10.5 Å². The van der Waals surface area contributed by atoms with Crippen LogP contribution in [0, 0.1) is 23.2 Å². The maximum Gasteiger partial charge on any atom is 0.291 e. The van der Waals surface area contributed by atoms with Crippen LogP contribution < -0.4 is 15.8 Å². The van der Waals surface area contributed by atoms with Gasteiger partial charge in [0.1, 0.15) is 11.5 Å². The molecule has 1 aromatic heterocycles. The lowest BCUT2D eigenvalue weighted by Gasteiger charge is -2.56. The van der Waals surface area contributed by atoms with Gasteiger partial charge in [0, 0.05) is 10.8 Å². The van der Waals surface area contributed by atoms with Gasteiger partial charge < -0.3 is 20.3 Å². The first-order valence-electron chi connectivity index (χ1n) is 12.1. The molecule has 6 rings (SSSR count). The first-order chi connectivity index (χ1) is 15.2. The molecule has 32 heavy (non-hydrogen) atoms. The van der Waals surface area contributed by atoms with Crippen molar-refractivity contribution in [2.75, 3.05) is 6.61 Å². The van der Waals surface area contributed by atoms with Gasteiger partial charge in [0.25, 0.3) is 11.8 Å². The van der Waals surface area contributed by atoms with E-state index >= 15 is 0 Å². The Hall–Kier alpha value is -1.70. The van der Waals surface area contributed by atoms with Crippen LogP contribution in [0.15, 0.2) is 9.42 Å². The SMILES string of the molecule is CC(C)(COc1noc(C(=O)NC23CC4CC(CC(C4)C2)C3)c1SC1CCCC1)C(N)=O. The first-order valence-corrected chi connectivity index (χ1v) is 13.0. The molecule has 4 bridgehead atoms. The van der Waals surface area contributed by atoms with Gasteiger partial charge in [-0.05, 0) is 88.1 Å². The van der Waals surface area contributed by atoms with Gasteiger partial charge in [-0.15, -0.1) is 11.8 Å². The lowest BCUT2D eigenvalue weighted by molar-refractivity contribution is -0.127. The van der Waals surface area contributed by atoms with Crippen LogP contribution in [0.25, 0.3) is 0 Å². The van der Waals surface area contributed by atoms with Crippen molar-refractivity contribution in [2.24, 2.45) is 28.9 Å². The normalized spacial score (nSPS) is 31.8. The smallest absolute Gasteiger partial charge is 0.291 e. The van der Waals surface area contributed by atoms with E-state index in [1.807, 2.05) is 0 Å². The fourth-order valence-electron chi connectivity index (χ4n) is 6.66. The van der Waals surface area contributed by atoms with Crippen molar-refractivity contribution in [3.8, 4) is 5.88 Å². The Morgan fingerprint density at radius 2 is 1.75 bits per heavy atom. The molecule has 176 valence electrons. The number of carbonyl (C=O) groups excluding carboxylic acids is 2. The molecule has 0 unspecified atom stereocenters. The van der Waals surface area contributed by atoms with Crippen molar-refractivity contribution in [1.29, 1.82) is 0 Å². The predicted octanol–water partition coefficient (Wildman–Crippen LogP) is 4.30. The van der Waals surface area contributed by atoms with Crippen molar-refractivity contribution in [1.82, 2.24) is 10.5 Å². The van der Waals surface area contributed by atoms with E-state index in [1.54, 1.807) is 25.6 Å². The molecule has 0 radical (unpaired) electrons. The van der Waals surface area contributed by atoms with Gasteiger partial charge in [0.15, 0.2) is 0 Å². The summed E-state index contributed by atoms with van der Waals surface area (Å²) >= 11 is 1.63. The standard InChI is InChI=1S/C24H35N3O4S/c1-23(2,22(25)29)13-30-21-19(32-17-5-3-4-6-17)18(31-27-21)20(28)26-24-10-14-7-15(11-24)9-16(8-14)12-24/h14-17H,3-13H2,1-2H3,(H2,25,29)(H,26,28). The number of amides is 2. The van der Waals surface area contributed by atoms with Crippen molar-refractivity contribution in [2.45, 2.75) is 93.7 Å². The number of nitrogens with one attached hydrogen (secondary N) is 1. The second-order valence-corrected chi connectivity index (χ2v) is 12.7. The highest BCUT2D eigenvalue weighted by Crippen LogP contribution is 2.55. The number of ether oxygens (including phenoxy) is 1. The molecule has 1 heterocycles. The highest BCUT2D eigenvalue weighted by molar-refractivity contribution is 8.00. The predicted molar refractivity (Wildman–Crippen MR) is 121 cm³/mol. The number of aromatic nitrogens is 1. The van der Waals surface area contributed by atoms with Gasteiger partial charge in [0.2, 0.25) is 11.7 Å². The molecule has 8 heteroatoms. The molecule has 0 saturated heterocycles. The van der Waals surface area contributed by atoms with E-state index in [0.717, 1.165) is 49.9 Å². The first kappa shape index (κ1) is 22.1. The molecular formula is C24H35N3O4S. The Morgan fingerprint density at radius 3 is 2.31 bits per heavy atom. The Kier molecular flexibility index (Phi) is 5.71. The lowest BCUT2D eigenvalue weighted by Crippen LogP contribution is -2.59. The Balaban J connectivity index is 1.35. The Bertz CT molecular complexity index is 855. The topological polar surface area (TPSA) is 107 Å². The molecule has 5 aliphatic rings. The molecule has 5 fully saturated rings. The van der Waals surface area contributed by atoms with E-state index in [0.29, 0.717) is 16.0 Å². The second-order valence-electron chi connectivity index (χ2n) is 11.4. The van der Waals surface area contributed by atoms with Crippen LogP contribution in [0.4, 0.5) is 0 Å². The number of thioether (sulfide) groups is 1. The average Bonchev–Trinajstić information content (AvgIpc) is 3.35. The lowest BCUT2D eigenvalue weighted by atomic mass is 9.53. The van der Waals surface area contributed by atoms with E-state index in [-0.39, 0.29) is 23.8 Å². The third kappa shape index (κ3) is 4.27. The van der Waals surface area contributed by atoms with Gasteiger partial charge in [-0.2, -0.15) is 0 Å². The average molecular weight is 462 g/mol. The van der Waals surface area contributed by atoms with Gasteiger partial charge in [-0.3, -0.25) is 9.59 Å². The maximum absolute atomic E-state index is 13.5. The zero-order valence-corrected chi connectivity index (χ0v) is 20.0. The van der Waals surface area contributed by atoms with Crippen molar-refractivity contribution in [3.05, 3.63) is 5.76 Å². The third-order valence-electron chi connectivity index (χ3n) is 8.07. The van der Waals surface area contributed by atoms with Crippen LogP contribution in [0.3, 0.4) is 0 Å². The van der Waals surface area contributed by atoms with Gasteiger partial charge in [-0.25, -0.2) is 0 Å². The zero-order chi connectivity index (χ0) is 22.5. The minimum absolute atomic E-state index is 0.0864.